The van der Waals surface area contributed by atoms with Crippen molar-refractivity contribution in [3.8, 4) is 11.3 Å². The summed E-state index contributed by atoms with van der Waals surface area (Å²) in [6.07, 6.45) is 8.16. The smallest absolute Gasteiger partial charge is 0.248 e. The molecule has 6 heteroatoms. The number of carbonyl (C=O) groups excluding carboxylic acids is 1. The largest absolute Gasteiger partial charge is 0.355 e. The van der Waals surface area contributed by atoms with Crippen LogP contribution in [0.1, 0.15) is 31.2 Å². The van der Waals surface area contributed by atoms with E-state index in [0.29, 0.717) is 10.7 Å². The molecule has 1 N–H and O–H groups in total. The Morgan fingerprint density at radius 1 is 0.935 bits per heavy atom. The maximum atomic E-state index is 12.3. The van der Waals surface area contributed by atoms with E-state index >= 15 is 0 Å². The highest BCUT2D eigenvalue weighted by atomic mass is 35.5. The van der Waals surface area contributed by atoms with E-state index in [9.17, 15) is 4.79 Å². The van der Waals surface area contributed by atoms with Crippen molar-refractivity contribution in [3.63, 3.8) is 0 Å². The molecule has 0 radical (unpaired) electrons. The van der Waals surface area contributed by atoms with Crippen molar-refractivity contribution >= 4 is 35.1 Å². The van der Waals surface area contributed by atoms with Gasteiger partial charge in [0.1, 0.15) is 0 Å². The van der Waals surface area contributed by atoms with Gasteiger partial charge in [0.05, 0.1) is 5.69 Å². The van der Waals surface area contributed by atoms with Gasteiger partial charge in [-0.25, -0.2) is 0 Å². The van der Waals surface area contributed by atoms with E-state index in [2.05, 4.69) is 20.4 Å². The van der Waals surface area contributed by atoms with Crippen LogP contribution in [0.2, 0.25) is 5.02 Å². The van der Waals surface area contributed by atoms with Crippen LogP contribution in [0.4, 0.5) is 11.5 Å². The van der Waals surface area contributed by atoms with Gasteiger partial charge in [-0.1, -0.05) is 54.8 Å². The predicted octanol–water partition coefficient (Wildman–Crippen LogP) is 5.83. The summed E-state index contributed by atoms with van der Waals surface area (Å²) in [4.78, 5) is 14.6. The van der Waals surface area contributed by atoms with Crippen molar-refractivity contribution in [2.45, 2.75) is 25.7 Å². The molecule has 5 nitrogen and oxygen atoms in total. The van der Waals surface area contributed by atoms with Gasteiger partial charge in [-0.05, 0) is 54.8 Å². The normalized spacial score (nSPS) is 14.4. The molecule has 2 aromatic carbocycles. The van der Waals surface area contributed by atoms with Crippen LogP contribution in [0.25, 0.3) is 17.3 Å². The molecule has 4 rings (SSSR count). The van der Waals surface area contributed by atoms with Crippen LogP contribution in [-0.4, -0.2) is 29.2 Å². The summed E-state index contributed by atoms with van der Waals surface area (Å²) in [5.41, 5.74) is 3.18. The van der Waals surface area contributed by atoms with Crippen molar-refractivity contribution in [1.29, 1.82) is 0 Å². The molecule has 158 valence electrons. The topological polar surface area (TPSA) is 58.1 Å². The van der Waals surface area contributed by atoms with E-state index in [1.807, 2.05) is 54.6 Å². The highest BCUT2D eigenvalue weighted by molar-refractivity contribution is 6.32. The maximum absolute atomic E-state index is 12.3. The first-order chi connectivity index (χ1) is 15.2. The fourth-order valence-electron chi connectivity index (χ4n) is 3.66. The first-order valence-corrected chi connectivity index (χ1v) is 11.0. The van der Waals surface area contributed by atoms with E-state index < -0.39 is 0 Å². The van der Waals surface area contributed by atoms with Crippen molar-refractivity contribution in [1.82, 2.24) is 10.2 Å². The van der Waals surface area contributed by atoms with E-state index in [4.69, 9.17) is 11.6 Å². The van der Waals surface area contributed by atoms with Crippen LogP contribution in [0.15, 0.2) is 66.7 Å². The van der Waals surface area contributed by atoms with Gasteiger partial charge < -0.3 is 10.2 Å². The second-order valence-corrected chi connectivity index (χ2v) is 8.01. The van der Waals surface area contributed by atoms with Gasteiger partial charge >= 0.3 is 0 Å². The quantitative estimate of drug-likeness (QED) is 0.515. The Hall–Kier alpha value is -3.18. The minimum atomic E-state index is -0.223. The number of hydrogen-bond donors (Lipinski definition) is 1. The molecular weight excluding hydrogens is 408 g/mol. The van der Waals surface area contributed by atoms with Gasteiger partial charge in [0, 0.05) is 35.4 Å². The molecule has 1 fully saturated rings. The second kappa shape index (κ2) is 10.2. The molecule has 2 heterocycles. The summed E-state index contributed by atoms with van der Waals surface area (Å²) in [6, 6.07) is 19.0. The van der Waals surface area contributed by atoms with Crippen molar-refractivity contribution in [2.75, 3.05) is 23.3 Å². The van der Waals surface area contributed by atoms with Gasteiger partial charge in [-0.15, -0.1) is 10.2 Å². The number of rotatable bonds is 5. The average molecular weight is 433 g/mol. The summed E-state index contributed by atoms with van der Waals surface area (Å²) in [5, 5.41) is 12.4. The third-order valence-corrected chi connectivity index (χ3v) is 5.67. The lowest BCUT2D eigenvalue weighted by atomic mass is 10.1. The fraction of sp³-hybridized carbons (Fsp3) is 0.240. The number of carbonyl (C=O) groups is 1. The molecule has 0 saturated carbocycles. The molecule has 0 bridgehead atoms. The molecule has 1 aromatic heterocycles. The van der Waals surface area contributed by atoms with Gasteiger partial charge in [0.2, 0.25) is 5.91 Å². The summed E-state index contributed by atoms with van der Waals surface area (Å²) < 4.78 is 0. The average Bonchev–Trinajstić information content (AvgIpc) is 3.09. The van der Waals surface area contributed by atoms with Crippen molar-refractivity contribution < 1.29 is 4.79 Å². The summed E-state index contributed by atoms with van der Waals surface area (Å²) in [7, 11) is 0. The van der Waals surface area contributed by atoms with Crippen LogP contribution in [0, 0.1) is 0 Å². The Bertz CT molecular complexity index is 1060. The zero-order valence-electron chi connectivity index (χ0n) is 17.3. The summed E-state index contributed by atoms with van der Waals surface area (Å²) >= 11 is 6.13. The van der Waals surface area contributed by atoms with Gasteiger partial charge in [-0.2, -0.15) is 0 Å². The van der Waals surface area contributed by atoms with Crippen LogP contribution in [0.5, 0.6) is 0 Å². The number of nitrogens with one attached hydrogen (secondary N) is 1. The lowest BCUT2D eigenvalue weighted by molar-refractivity contribution is -0.111. The molecular formula is C25H25ClN4O. The maximum Gasteiger partial charge on any atom is 0.248 e. The highest BCUT2D eigenvalue weighted by Crippen LogP contribution is 2.23. The van der Waals surface area contributed by atoms with Crippen LogP contribution in [-0.2, 0) is 4.79 Å². The first-order valence-electron chi connectivity index (χ1n) is 10.6. The zero-order valence-corrected chi connectivity index (χ0v) is 18.1. The number of benzene rings is 2. The fourth-order valence-corrected chi connectivity index (χ4v) is 3.86. The van der Waals surface area contributed by atoms with Crippen LogP contribution >= 0.6 is 11.6 Å². The lowest BCUT2D eigenvalue weighted by Crippen LogP contribution is -2.25. The minimum Gasteiger partial charge on any atom is -0.355 e. The second-order valence-electron chi connectivity index (χ2n) is 7.60. The van der Waals surface area contributed by atoms with E-state index in [0.717, 1.165) is 35.7 Å². The zero-order chi connectivity index (χ0) is 21.5. The van der Waals surface area contributed by atoms with Crippen LogP contribution < -0.4 is 10.2 Å². The van der Waals surface area contributed by atoms with Gasteiger partial charge in [-0.3, -0.25) is 4.79 Å². The molecule has 31 heavy (non-hydrogen) atoms. The van der Waals surface area contributed by atoms with E-state index in [1.54, 1.807) is 12.1 Å². The SMILES string of the molecule is O=C(/C=C/c1ccccc1Cl)Nc1cccc(-c2ccc(N3CCCCCC3)nn2)c1. The Labute approximate surface area is 187 Å². The monoisotopic (exact) mass is 432 g/mol. The molecule has 1 aliphatic heterocycles. The Morgan fingerprint density at radius 3 is 2.48 bits per heavy atom. The molecule has 1 amide bonds. The lowest BCUT2D eigenvalue weighted by Gasteiger charge is -2.20. The molecule has 3 aromatic rings. The van der Waals surface area contributed by atoms with Crippen LogP contribution in [0.3, 0.4) is 0 Å². The Morgan fingerprint density at radius 2 is 1.74 bits per heavy atom. The molecule has 0 aliphatic carbocycles. The third-order valence-electron chi connectivity index (χ3n) is 5.33. The number of halogens is 1. The van der Waals surface area contributed by atoms with Gasteiger partial charge in [0.25, 0.3) is 0 Å². The third kappa shape index (κ3) is 5.70. The summed E-state index contributed by atoms with van der Waals surface area (Å²) in [5.74, 6) is 0.708. The number of aromatic nitrogens is 2. The van der Waals surface area contributed by atoms with E-state index in [-0.39, 0.29) is 5.91 Å². The molecule has 1 saturated heterocycles. The molecule has 0 atom stereocenters. The van der Waals surface area contributed by atoms with Crippen molar-refractivity contribution in [3.05, 3.63) is 77.3 Å². The number of anilines is 2. The van der Waals surface area contributed by atoms with E-state index in [1.165, 1.54) is 31.8 Å². The minimum absolute atomic E-state index is 0.223. The molecule has 1 aliphatic rings. The molecule has 0 spiro atoms. The first kappa shape index (κ1) is 21.1. The van der Waals surface area contributed by atoms with Gasteiger partial charge in [0.15, 0.2) is 5.82 Å². The van der Waals surface area contributed by atoms with Crippen molar-refractivity contribution in [2.24, 2.45) is 0 Å². The number of hydrogen-bond acceptors (Lipinski definition) is 4. The summed E-state index contributed by atoms with van der Waals surface area (Å²) in [6.45, 7) is 2.08. The predicted molar refractivity (Wildman–Crippen MR) is 127 cm³/mol. The Balaban J connectivity index is 1.43. The highest BCUT2D eigenvalue weighted by Gasteiger charge is 2.12. The Kier molecular flexibility index (Phi) is 6.95. The molecule has 0 unspecified atom stereocenters. The standard InChI is InChI=1S/C25H25ClN4O/c26-22-11-4-3-8-19(22)12-15-25(31)27-21-10-7-9-20(18-21)23-13-14-24(29-28-23)30-16-5-1-2-6-17-30/h3-4,7-15,18H,1-2,5-6,16-17H2,(H,27,31)/b15-12+. The number of nitrogens with zero attached hydrogens (tertiary/aromatic N) is 3. The number of amides is 1.